The zero-order valence-corrected chi connectivity index (χ0v) is 19.3. The van der Waals surface area contributed by atoms with E-state index in [4.69, 9.17) is 27.9 Å². The fraction of sp³-hybridized carbons (Fsp3) is 0.211. The van der Waals surface area contributed by atoms with Crippen LogP contribution in [-0.4, -0.2) is 26.4 Å². The lowest BCUT2D eigenvalue weighted by Crippen LogP contribution is -2.14. The summed E-state index contributed by atoms with van der Waals surface area (Å²) in [4.78, 5) is 12.2. The lowest BCUT2D eigenvalue weighted by atomic mass is 10.3. The fourth-order valence-electron chi connectivity index (χ4n) is 2.44. The van der Waals surface area contributed by atoms with Gasteiger partial charge >= 0.3 is 0 Å². The lowest BCUT2D eigenvalue weighted by molar-refractivity contribution is -0.113. The molecule has 0 aliphatic carbocycles. The number of halogens is 3. The van der Waals surface area contributed by atoms with Crippen molar-refractivity contribution in [1.82, 2.24) is 14.8 Å². The van der Waals surface area contributed by atoms with E-state index in [1.165, 1.54) is 11.8 Å². The molecular weight excluding hydrogens is 499 g/mol. The predicted molar refractivity (Wildman–Crippen MR) is 120 cm³/mol. The molecule has 0 aliphatic heterocycles. The second-order valence-electron chi connectivity index (χ2n) is 5.85. The van der Waals surface area contributed by atoms with Crippen molar-refractivity contribution in [2.24, 2.45) is 0 Å². The van der Waals surface area contributed by atoms with Gasteiger partial charge in [-0.1, -0.05) is 50.9 Å². The number of aromatic nitrogens is 3. The van der Waals surface area contributed by atoms with Crippen molar-refractivity contribution in [2.75, 3.05) is 11.1 Å². The molecule has 10 heteroatoms. The van der Waals surface area contributed by atoms with Crippen molar-refractivity contribution in [3.05, 3.63) is 62.8 Å². The van der Waals surface area contributed by atoms with Crippen LogP contribution in [0, 0.1) is 0 Å². The van der Waals surface area contributed by atoms with Gasteiger partial charge in [-0.05, 0) is 43.3 Å². The molecule has 29 heavy (non-hydrogen) atoms. The standard InChI is InChI=1S/C19H17BrCl2N4O2S/c1-2-26-17(10-28-16-9-13(21)5-8-15(16)22)24-25-19(26)29-11-18(27)23-14-6-3-12(20)4-7-14/h3-9H,2,10-11H2,1H3,(H,23,27). The van der Waals surface area contributed by atoms with E-state index in [1.54, 1.807) is 18.2 Å². The van der Waals surface area contributed by atoms with Crippen LogP contribution in [0.2, 0.25) is 10.0 Å². The molecule has 1 amide bonds. The van der Waals surface area contributed by atoms with Crippen molar-refractivity contribution in [3.8, 4) is 5.75 Å². The van der Waals surface area contributed by atoms with Crippen LogP contribution in [0.5, 0.6) is 5.75 Å². The van der Waals surface area contributed by atoms with Gasteiger partial charge in [0, 0.05) is 27.8 Å². The van der Waals surface area contributed by atoms with Crippen molar-refractivity contribution in [1.29, 1.82) is 0 Å². The van der Waals surface area contributed by atoms with Crippen molar-refractivity contribution < 1.29 is 9.53 Å². The molecule has 0 aliphatic rings. The summed E-state index contributed by atoms with van der Waals surface area (Å²) in [5.74, 6) is 1.22. The van der Waals surface area contributed by atoms with Gasteiger partial charge < -0.3 is 14.6 Å². The minimum absolute atomic E-state index is 0.119. The molecular formula is C19H17BrCl2N4O2S. The molecule has 0 spiro atoms. The largest absolute Gasteiger partial charge is 0.484 e. The number of amides is 1. The van der Waals surface area contributed by atoms with Gasteiger partial charge in [0.2, 0.25) is 5.91 Å². The van der Waals surface area contributed by atoms with Gasteiger partial charge in [-0.15, -0.1) is 10.2 Å². The minimum atomic E-state index is -0.119. The third-order valence-electron chi connectivity index (χ3n) is 3.82. The zero-order chi connectivity index (χ0) is 20.8. The van der Waals surface area contributed by atoms with Crippen LogP contribution in [-0.2, 0) is 17.9 Å². The van der Waals surface area contributed by atoms with Crippen LogP contribution in [0.25, 0.3) is 0 Å². The van der Waals surface area contributed by atoms with Crippen LogP contribution in [0.1, 0.15) is 12.7 Å². The van der Waals surface area contributed by atoms with Crippen LogP contribution in [0.3, 0.4) is 0 Å². The van der Waals surface area contributed by atoms with E-state index in [0.29, 0.717) is 33.3 Å². The smallest absolute Gasteiger partial charge is 0.234 e. The summed E-state index contributed by atoms with van der Waals surface area (Å²) in [6.07, 6.45) is 0. The first-order valence-electron chi connectivity index (χ1n) is 8.64. The summed E-state index contributed by atoms with van der Waals surface area (Å²) in [7, 11) is 0. The maximum absolute atomic E-state index is 12.2. The molecule has 3 rings (SSSR count). The van der Waals surface area contributed by atoms with E-state index in [0.717, 1.165) is 10.2 Å². The Kier molecular flexibility index (Phi) is 7.83. The number of benzene rings is 2. The average molecular weight is 516 g/mol. The lowest BCUT2D eigenvalue weighted by Gasteiger charge is -2.10. The number of rotatable bonds is 8. The topological polar surface area (TPSA) is 69.0 Å². The highest BCUT2D eigenvalue weighted by Gasteiger charge is 2.14. The van der Waals surface area contributed by atoms with Gasteiger partial charge in [0.05, 0.1) is 10.8 Å². The van der Waals surface area contributed by atoms with Gasteiger partial charge in [0.25, 0.3) is 0 Å². The molecule has 1 N–H and O–H groups in total. The molecule has 0 bridgehead atoms. The van der Waals surface area contributed by atoms with E-state index < -0.39 is 0 Å². The van der Waals surface area contributed by atoms with Crippen LogP contribution in [0.15, 0.2) is 52.1 Å². The Morgan fingerprint density at radius 3 is 2.69 bits per heavy atom. The third kappa shape index (κ3) is 6.12. The number of carbonyl (C=O) groups excluding carboxylic acids is 1. The molecule has 152 valence electrons. The Morgan fingerprint density at radius 1 is 1.21 bits per heavy atom. The fourth-order valence-corrected chi connectivity index (χ4v) is 3.86. The molecule has 0 atom stereocenters. The average Bonchev–Trinajstić information content (AvgIpc) is 3.10. The minimum Gasteiger partial charge on any atom is -0.484 e. The number of nitrogens with one attached hydrogen (secondary N) is 1. The summed E-state index contributed by atoms with van der Waals surface area (Å²) in [5.41, 5.74) is 0.739. The van der Waals surface area contributed by atoms with E-state index >= 15 is 0 Å². The summed E-state index contributed by atoms with van der Waals surface area (Å²) in [5, 5.41) is 12.9. The number of anilines is 1. The first-order valence-corrected chi connectivity index (χ1v) is 11.2. The Labute approximate surface area is 191 Å². The number of hydrogen-bond acceptors (Lipinski definition) is 5. The Bertz CT molecular complexity index is 998. The monoisotopic (exact) mass is 514 g/mol. The molecule has 0 saturated carbocycles. The third-order valence-corrected chi connectivity index (χ3v) is 5.86. The van der Waals surface area contributed by atoms with Gasteiger partial charge in [-0.25, -0.2) is 0 Å². The van der Waals surface area contributed by atoms with E-state index in [-0.39, 0.29) is 18.3 Å². The summed E-state index contributed by atoms with van der Waals surface area (Å²) >= 11 is 16.8. The molecule has 3 aromatic rings. The number of hydrogen-bond donors (Lipinski definition) is 1. The quantitative estimate of drug-likeness (QED) is 0.391. The molecule has 2 aromatic carbocycles. The first-order chi connectivity index (χ1) is 14.0. The number of carbonyl (C=O) groups is 1. The second-order valence-corrected chi connectivity index (χ2v) is 8.55. The first kappa shape index (κ1) is 22.0. The van der Waals surface area contributed by atoms with Gasteiger partial charge in [-0.3, -0.25) is 4.79 Å². The molecule has 1 aromatic heterocycles. The highest BCUT2D eigenvalue weighted by atomic mass is 79.9. The van der Waals surface area contributed by atoms with Gasteiger partial charge in [0.15, 0.2) is 11.0 Å². The van der Waals surface area contributed by atoms with Crippen molar-refractivity contribution >= 4 is 62.5 Å². The van der Waals surface area contributed by atoms with Gasteiger partial charge in [-0.2, -0.15) is 0 Å². The van der Waals surface area contributed by atoms with Crippen molar-refractivity contribution in [3.63, 3.8) is 0 Å². The normalized spacial score (nSPS) is 10.8. The van der Waals surface area contributed by atoms with E-state index in [2.05, 4.69) is 31.4 Å². The van der Waals surface area contributed by atoms with Gasteiger partial charge in [0.1, 0.15) is 12.4 Å². The molecule has 1 heterocycles. The maximum Gasteiger partial charge on any atom is 0.234 e. The molecule has 0 fully saturated rings. The summed E-state index contributed by atoms with van der Waals surface area (Å²) in [6.45, 7) is 2.81. The predicted octanol–water partition coefficient (Wildman–Crippen LogP) is 5.68. The van der Waals surface area contributed by atoms with Crippen LogP contribution in [0.4, 0.5) is 5.69 Å². The highest BCUT2D eigenvalue weighted by molar-refractivity contribution is 9.10. The summed E-state index contributed by atoms with van der Waals surface area (Å²) < 4.78 is 8.59. The number of nitrogens with zero attached hydrogens (tertiary/aromatic N) is 3. The van der Waals surface area contributed by atoms with Crippen molar-refractivity contribution in [2.45, 2.75) is 25.2 Å². The Hall–Kier alpha value is -1.74. The molecule has 0 radical (unpaired) electrons. The highest BCUT2D eigenvalue weighted by Crippen LogP contribution is 2.28. The number of thioether (sulfide) groups is 1. The van der Waals surface area contributed by atoms with Crippen LogP contribution >= 0.6 is 50.9 Å². The van der Waals surface area contributed by atoms with E-state index in [1.807, 2.05) is 35.8 Å². The Morgan fingerprint density at radius 2 is 1.97 bits per heavy atom. The second kappa shape index (κ2) is 10.3. The molecule has 0 saturated heterocycles. The molecule has 0 unspecified atom stereocenters. The van der Waals surface area contributed by atoms with E-state index in [9.17, 15) is 4.79 Å². The SMILES string of the molecule is CCn1c(COc2cc(Cl)ccc2Cl)nnc1SCC(=O)Nc1ccc(Br)cc1. The maximum atomic E-state index is 12.2. The Balaban J connectivity index is 1.59. The summed E-state index contributed by atoms with van der Waals surface area (Å²) in [6, 6.07) is 12.4. The molecule has 6 nitrogen and oxygen atoms in total. The van der Waals surface area contributed by atoms with Crippen LogP contribution < -0.4 is 10.1 Å². The number of ether oxygens (including phenoxy) is 1. The zero-order valence-electron chi connectivity index (χ0n) is 15.4.